The van der Waals surface area contributed by atoms with Gasteiger partial charge in [-0.3, -0.25) is 14.9 Å². The third-order valence-corrected chi connectivity index (χ3v) is 4.42. The largest absolute Gasteiger partial charge is 0.497 e. The first-order valence-electron chi connectivity index (χ1n) is 8.08. The van der Waals surface area contributed by atoms with Gasteiger partial charge in [-0.1, -0.05) is 23.5 Å². The summed E-state index contributed by atoms with van der Waals surface area (Å²) in [5.41, 5.74) is 1.50. The van der Waals surface area contributed by atoms with Crippen LogP contribution in [-0.4, -0.2) is 29.2 Å². The molecular formula is C19H17N3O4S. The fraction of sp³-hybridized carbons (Fsp3) is 0.158. The van der Waals surface area contributed by atoms with Crippen molar-refractivity contribution in [3.63, 3.8) is 0 Å². The predicted octanol–water partition coefficient (Wildman–Crippen LogP) is 3.32. The summed E-state index contributed by atoms with van der Waals surface area (Å²) >= 11 is 1.32. The number of anilines is 1. The van der Waals surface area contributed by atoms with Gasteiger partial charge in [0, 0.05) is 18.9 Å². The number of hydrogen-bond acceptors (Lipinski definition) is 7. The van der Waals surface area contributed by atoms with Crippen molar-refractivity contribution in [1.82, 2.24) is 10.2 Å². The van der Waals surface area contributed by atoms with Gasteiger partial charge in [-0.25, -0.2) is 0 Å². The minimum absolute atomic E-state index is 0.309. The topological polar surface area (TPSA) is 90.4 Å². The van der Waals surface area contributed by atoms with Gasteiger partial charge in [0.1, 0.15) is 16.5 Å². The standard InChI is InChI=1S/C19H17N3O4S/c1-12(23)26-16-9-5-14(6-10-16)18(24)20-19-22-21-17(27-19)11-13-3-7-15(25-2)8-4-13/h3-10H,11H2,1-2H3,(H,20,22,24). The molecule has 1 heterocycles. The molecule has 7 nitrogen and oxygen atoms in total. The molecule has 0 aliphatic carbocycles. The molecule has 0 saturated heterocycles. The molecule has 1 N–H and O–H groups in total. The van der Waals surface area contributed by atoms with E-state index < -0.39 is 5.97 Å². The Balaban J connectivity index is 1.60. The first kappa shape index (κ1) is 18.5. The number of esters is 1. The molecule has 3 aromatic rings. The van der Waals surface area contributed by atoms with Gasteiger partial charge in [0.25, 0.3) is 5.91 Å². The molecule has 1 aromatic heterocycles. The minimum Gasteiger partial charge on any atom is -0.497 e. The second-order valence-corrected chi connectivity index (χ2v) is 6.66. The highest BCUT2D eigenvalue weighted by Crippen LogP contribution is 2.21. The number of aromatic nitrogens is 2. The van der Waals surface area contributed by atoms with Crippen LogP contribution in [0.3, 0.4) is 0 Å². The van der Waals surface area contributed by atoms with Crippen molar-refractivity contribution in [2.75, 3.05) is 12.4 Å². The van der Waals surface area contributed by atoms with Crippen LogP contribution >= 0.6 is 11.3 Å². The van der Waals surface area contributed by atoms with Crippen LogP contribution in [0.1, 0.15) is 27.9 Å². The monoisotopic (exact) mass is 383 g/mol. The highest BCUT2D eigenvalue weighted by Gasteiger charge is 2.11. The molecule has 0 radical (unpaired) electrons. The van der Waals surface area contributed by atoms with Crippen LogP contribution in [0.15, 0.2) is 48.5 Å². The van der Waals surface area contributed by atoms with E-state index in [9.17, 15) is 9.59 Å². The molecule has 0 saturated carbocycles. The molecule has 2 aromatic carbocycles. The van der Waals surface area contributed by atoms with E-state index in [-0.39, 0.29) is 5.91 Å². The highest BCUT2D eigenvalue weighted by molar-refractivity contribution is 7.15. The number of amides is 1. The van der Waals surface area contributed by atoms with E-state index in [0.29, 0.717) is 22.9 Å². The lowest BCUT2D eigenvalue weighted by Gasteiger charge is -2.03. The predicted molar refractivity (Wildman–Crippen MR) is 101 cm³/mol. The fourth-order valence-corrected chi connectivity index (χ4v) is 3.07. The second kappa shape index (κ2) is 8.41. The van der Waals surface area contributed by atoms with E-state index in [1.54, 1.807) is 31.4 Å². The number of carbonyl (C=O) groups is 2. The van der Waals surface area contributed by atoms with Gasteiger partial charge >= 0.3 is 5.97 Å². The molecule has 27 heavy (non-hydrogen) atoms. The molecule has 138 valence electrons. The van der Waals surface area contributed by atoms with Gasteiger partial charge < -0.3 is 9.47 Å². The smallest absolute Gasteiger partial charge is 0.308 e. The maximum Gasteiger partial charge on any atom is 0.308 e. The molecule has 0 spiro atoms. The summed E-state index contributed by atoms with van der Waals surface area (Å²) in [5.74, 6) is 0.461. The summed E-state index contributed by atoms with van der Waals surface area (Å²) in [6.07, 6.45) is 0.620. The first-order valence-corrected chi connectivity index (χ1v) is 8.90. The van der Waals surface area contributed by atoms with E-state index in [0.717, 1.165) is 16.3 Å². The van der Waals surface area contributed by atoms with Crippen molar-refractivity contribution in [3.8, 4) is 11.5 Å². The first-order chi connectivity index (χ1) is 13.0. The number of rotatable bonds is 6. The number of methoxy groups -OCH3 is 1. The Hall–Kier alpha value is -3.26. The van der Waals surface area contributed by atoms with Crippen molar-refractivity contribution in [3.05, 3.63) is 64.7 Å². The van der Waals surface area contributed by atoms with Gasteiger partial charge in [-0.05, 0) is 42.0 Å². The van der Waals surface area contributed by atoms with Crippen LogP contribution in [0.4, 0.5) is 5.13 Å². The van der Waals surface area contributed by atoms with Gasteiger partial charge in [-0.15, -0.1) is 10.2 Å². The van der Waals surface area contributed by atoms with Crippen molar-refractivity contribution in [2.45, 2.75) is 13.3 Å². The fourth-order valence-electron chi connectivity index (χ4n) is 2.30. The summed E-state index contributed by atoms with van der Waals surface area (Å²) in [4.78, 5) is 23.2. The lowest BCUT2D eigenvalue weighted by atomic mass is 10.1. The van der Waals surface area contributed by atoms with Gasteiger partial charge in [0.15, 0.2) is 0 Å². The molecule has 0 atom stereocenters. The molecule has 0 fully saturated rings. The molecule has 3 rings (SSSR count). The minimum atomic E-state index is -0.412. The zero-order valence-corrected chi connectivity index (χ0v) is 15.6. The Bertz CT molecular complexity index is 936. The van der Waals surface area contributed by atoms with Crippen LogP contribution in [0.25, 0.3) is 0 Å². The average Bonchev–Trinajstić information content (AvgIpc) is 3.09. The Morgan fingerprint density at radius 2 is 1.67 bits per heavy atom. The summed E-state index contributed by atoms with van der Waals surface area (Å²) in [6.45, 7) is 1.32. The van der Waals surface area contributed by atoms with E-state index in [4.69, 9.17) is 9.47 Å². The van der Waals surface area contributed by atoms with E-state index in [1.807, 2.05) is 24.3 Å². The third-order valence-electron chi connectivity index (χ3n) is 3.58. The quantitative estimate of drug-likeness (QED) is 0.519. The molecule has 1 amide bonds. The number of benzene rings is 2. The van der Waals surface area contributed by atoms with Crippen LogP contribution in [0.2, 0.25) is 0 Å². The van der Waals surface area contributed by atoms with E-state index in [2.05, 4.69) is 15.5 Å². The van der Waals surface area contributed by atoms with Crippen LogP contribution in [-0.2, 0) is 11.2 Å². The molecule has 0 aliphatic rings. The number of carbonyl (C=O) groups excluding carboxylic acids is 2. The van der Waals surface area contributed by atoms with E-state index in [1.165, 1.54) is 18.3 Å². The Labute approximate surface area is 160 Å². The van der Waals surface area contributed by atoms with E-state index >= 15 is 0 Å². The zero-order valence-electron chi connectivity index (χ0n) is 14.8. The zero-order chi connectivity index (χ0) is 19.2. The van der Waals surface area contributed by atoms with Crippen LogP contribution in [0, 0.1) is 0 Å². The van der Waals surface area contributed by atoms with Crippen LogP contribution < -0.4 is 14.8 Å². The van der Waals surface area contributed by atoms with Gasteiger partial charge in [0.2, 0.25) is 5.13 Å². The van der Waals surface area contributed by atoms with Crippen molar-refractivity contribution in [1.29, 1.82) is 0 Å². The number of nitrogens with zero attached hydrogens (tertiary/aromatic N) is 2. The summed E-state index contributed by atoms with van der Waals surface area (Å²) in [6, 6.07) is 14.0. The number of hydrogen-bond donors (Lipinski definition) is 1. The van der Waals surface area contributed by atoms with Gasteiger partial charge in [-0.2, -0.15) is 0 Å². The summed E-state index contributed by atoms with van der Waals surface area (Å²) < 4.78 is 10.1. The highest BCUT2D eigenvalue weighted by atomic mass is 32.1. The number of ether oxygens (including phenoxy) is 2. The molecule has 0 aliphatic heterocycles. The Morgan fingerprint density at radius 1 is 1.00 bits per heavy atom. The Morgan fingerprint density at radius 3 is 2.30 bits per heavy atom. The summed E-state index contributed by atoms with van der Waals surface area (Å²) in [5, 5.41) is 12.1. The molecular weight excluding hydrogens is 366 g/mol. The maximum atomic E-state index is 12.3. The maximum absolute atomic E-state index is 12.3. The molecule has 0 unspecified atom stereocenters. The summed E-state index contributed by atoms with van der Waals surface area (Å²) in [7, 11) is 1.62. The third kappa shape index (κ3) is 5.11. The Kier molecular flexibility index (Phi) is 5.77. The molecule has 8 heteroatoms. The van der Waals surface area contributed by atoms with Crippen molar-refractivity contribution in [2.24, 2.45) is 0 Å². The lowest BCUT2D eigenvalue weighted by Crippen LogP contribution is -2.11. The van der Waals surface area contributed by atoms with Crippen molar-refractivity contribution >= 4 is 28.3 Å². The lowest BCUT2D eigenvalue weighted by molar-refractivity contribution is -0.131. The number of nitrogens with one attached hydrogen (secondary N) is 1. The van der Waals surface area contributed by atoms with Crippen LogP contribution in [0.5, 0.6) is 11.5 Å². The SMILES string of the molecule is COc1ccc(Cc2nnc(NC(=O)c3ccc(OC(C)=O)cc3)s2)cc1. The average molecular weight is 383 g/mol. The second-order valence-electron chi connectivity index (χ2n) is 5.60. The normalized spacial score (nSPS) is 10.3. The molecule has 0 bridgehead atoms. The van der Waals surface area contributed by atoms with Crippen molar-refractivity contribution < 1.29 is 19.1 Å². The van der Waals surface area contributed by atoms with Gasteiger partial charge in [0.05, 0.1) is 7.11 Å².